The van der Waals surface area contributed by atoms with Crippen LogP contribution >= 0.6 is 0 Å². The van der Waals surface area contributed by atoms with E-state index in [-0.39, 0.29) is 0 Å². The highest BCUT2D eigenvalue weighted by atomic mass is 16.5. The number of ether oxygens (including phenoxy) is 1. The van der Waals surface area contributed by atoms with Crippen LogP contribution in [0.15, 0.2) is 0 Å². The third-order valence-corrected chi connectivity index (χ3v) is 4.57. The van der Waals surface area contributed by atoms with Crippen molar-refractivity contribution in [3.63, 3.8) is 0 Å². The van der Waals surface area contributed by atoms with Crippen molar-refractivity contribution in [1.82, 2.24) is 15.1 Å². The summed E-state index contributed by atoms with van der Waals surface area (Å²) in [6.07, 6.45) is 4.13. The van der Waals surface area contributed by atoms with Gasteiger partial charge < -0.3 is 10.1 Å². The number of nitrogens with one attached hydrogen (secondary N) is 1. The van der Waals surface area contributed by atoms with Gasteiger partial charge in [-0.05, 0) is 32.9 Å². The molecule has 2 unspecified atom stereocenters. The summed E-state index contributed by atoms with van der Waals surface area (Å²) in [5, 5.41) is 3.61. The number of hydrogen-bond donors (Lipinski definition) is 1. The summed E-state index contributed by atoms with van der Waals surface area (Å²) in [5.41, 5.74) is 0. The predicted molar refractivity (Wildman–Crippen MR) is 79.6 cm³/mol. The number of piperidine rings is 1. The van der Waals surface area contributed by atoms with E-state index in [0.717, 1.165) is 38.9 Å². The third-order valence-electron chi connectivity index (χ3n) is 4.57. The van der Waals surface area contributed by atoms with Crippen LogP contribution in [0.1, 0.15) is 33.1 Å². The molecule has 0 aromatic carbocycles. The van der Waals surface area contributed by atoms with Crippen LogP contribution in [0.5, 0.6) is 0 Å². The minimum atomic E-state index is 0.620. The van der Waals surface area contributed by atoms with Crippen molar-refractivity contribution in [3.8, 4) is 0 Å². The Balaban J connectivity index is 1.77. The zero-order chi connectivity index (χ0) is 13.5. The molecule has 2 atom stereocenters. The van der Waals surface area contributed by atoms with Crippen molar-refractivity contribution < 1.29 is 4.74 Å². The number of morpholine rings is 1. The molecule has 112 valence electrons. The Labute approximate surface area is 118 Å². The van der Waals surface area contributed by atoms with E-state index in [1.807, 2.05) is 0 Å². The van der Waals surface area contributed by atoms with Gasteiger partial charge in [0.15, 0.2) is 0 Å². The van der Waals surface area contributed by atoms with Crippen LogP contribution in [-0.4, -0.2) is 74.4 Å². The van der Waals surface area contributed by atoms with Crippen LogP contribution in [0.3, 0.4) is 0 Å². The van der Waals surface area contributed by atoms with E-state index in [2.05, 4.69) is 29.0 Å². The normalized spacial score (nSPS) is 28.4. The fourth-order valence-corrected chi connectivity index (χ4v) is 3.41. The number of likely N-dealkylation sites (N-methyl/N-ethyl adjacent to an activating group) is 1. The lowest BCUT2D eigenvalue weighted by Crippen LogP contribution is -2.53. The summed E-state index contributed by atoms with van der Waals surface area (Å²) < 4.78 is 5.42. The SMILES string of the molecule is CCNC(C)C1CCCCN1CCN1CCOCC1. The first-order valence-electron chi connectivity index (χ1n) is 8.08. The van der Waals surface area contributed by atoms with E-state index in [0.29, 0.717) is 6.04 Å². The molecule has 0 radical (unpaired) electrons. The van der Waals surface area contributed by atoms with E-state index in [1.54, 1.807) is 0 Å². The van der Waals surface area contributed by atoms with Gasteiger partial charge in [0, 0.05) is 38.3 Å². The largest absolute Gasteiger partial charge is 0.379 e. The molecule has 0 aromatic heterocycles. The van der Waals surface area contributed by atoms with Gasteiger partial charge in [-0.2, -0.15) is 0 Å². The molecule has 19 heavy (non-hydrogen) atoms. The second-order valence-electron chi connectivity index (χ2n) is 5.90. The van der Waals surface area contributed by atoms with Crippen molar-refractivity contribution in [2.75, 3.05) is 52.5 Å². The zero-order valence-electron chi connectivity index (χ0n) is 12.7. The monoisotopic (exact) mass is 269 g/mol. The molecule has 0 bridgehead atoms. The van der Waals surface area contributed by atoms with E-state index in [1.165, 1.54) is 38.9 Å². The highest BCUT2D eigenvalue weighted by Crippen LogP contribution is 2.19. The average molecular weight is 269 g/mol. The van der Waals surface area contributed by atoms with Gasteiger partial charge >= 0.3 is 0 Å². The van der Waals surface area contributed by atoms with Crippen LogP contribution in [0.25, 0.3) is 0 Å². The van der Waals surface area contributed by atoms with E-state index in [4.69, 9.17) is 4.74 Å². The van der Waals surface area contributed by atoms with Gasteiger partial charge in [0.05, 0.1) is 13.2 Å². The minimum absolute atomic E-state index is 0.620. The van der Waals surface area contributed by atoms with E-state index >= 15 is 0 Å². The Bertz CT molecular complexity index is 244. The second-order valence-corrected chi connectivity index (χ2v) is 5.90. The predicted octanol–water partition coefficient (Wildman–Crippen LogP) is 1.17. The molecule has 0 aliphatic carbocycles. The lowest BCUT2D eigenvalue weighted by Gasteiger charge is -2.40. The van der Waals surface area contributed by atoms with Gasteiger partial charge in [-0.1, -0.05) is 13.3 Å². The highest BCUT2D eigenvalue weighted by molar-refractivity contribution is 4.85. The van der Waals surface area contributed by atoms with Gasteiger partial charge in [0.1, 0.15) is 0 Å². The smallest absolute Gasteiger partial charge is 0.0594 e. The molecule has 0 aromatic rings. The van der Waals surface area contributed by atoms with E-state index < -0.39 is 0 Å². The van der Waals surface area contributed by atoms with Crippen molar-refractivity contribution >= 4 is 0 Å². The van der Waals surface area contributed by atoms with Crippen LogP contribution in [0.2, 0.25) is 0 Å². The summed E-state index contributed by atoms with van der Waals surface area (Å²) in [5.74, 6) is 0. The molecule has 2 aliphatic heterocycles. The maximum absolute atomic E-state index is 5.42. The van der Waals surface area contributed by atoms with Crippen LogP contribution in [0.4, 0.5) is 0 Å². The third kappa shape index (κ3) is 4.71. The van der Waals surface area contributed by atoms with Gasteiger partial charge in [-0.3, -0.25) is 9.80 Å². The van der Waals surface area contributed by atoms with Crippen molar-refractivity contribution in [2.45, 2.75) is 45.2 Å². The Hall–Kier alpha value is -0.160. The van der Waals surface area contributed by atoms with E-state index in [9.17, 15) is 0 Å². The molecule has 2 aliphatic rings. The van der Waals surface area contributed by atoms with Gasteiger partial charge in [-0.25, -0.2) is 0 Å². The Morgan fingerprint density at radius 3 is 2.68 bits per heavy atom. The molecule has 2 saturated heterocycles. The van der Waals surface area contributed by atoms with Crippen LogP contribution < -0.4 is 5.32 Å². The number of nitrogens with zero attached hydrogens (tertiary/aromatic N) is 2. The molecular formula is C15H31N3O. The Morgan fingerprint density at radius 2 is 1.95 bits per heavy atom. The average Bonchev–Trinajstić information content (AvgIpc) is 2.47. The molecular weight excluding hydrogens is 238 g/mol. The molecule has 2 fully saturated rings. The molecule has 0 amide bonds. The second kappa shape index (κ2) is 8.20. The topological polar surface area (TPSA) is 27.7 Å². The number of likely N-dealkylation sites (tertiary alicyclic amines) is 1. The quantitative estimate of drug-likeness (QED) is 0.783. The van der Waals surface area contributed by atoms with Crippen molar-refractivity contribution in [2.24, 2.45) is 0 Å². The fourth-order valence-electron chi connectivity index (χ4n) is 3.41. The Kier molecular flexibility index (Phi) is 6.57. The summed E-state index contributed by atoms with van der Waals surface area (Å²) in [6, 6.07) is 1.35. The molecule has 2 heterocycles. The molecule has 2 rings (SSSR count). The van der Waals surface area contributed by atoms with Crippen molar-refractivity contribution in [1.29, 1.82) is 0 Å². The number of rotatable bonds is 6. The molecule has 0 spiro atoms. The van der Waals surface area contributed by atoms with Crippen LogP contribution in [-0.2, 0) is 4.74 Å². The van der Waals surface area contributed by atoms with Crippen molar-refractivity contribution in [3.05, 3.63) is 0 Å². The lowest BCUT2D eigenvalue weighted by molar-refractivity contribution is 0.0262. The Morgan fingerprint density at radius 1 is 1.16 bits per heavy atom. The molecule has 4 heteroatoms. The first kappa shape index (κ1) is 15.2. The lowest BCUT2D eigenvalue weighted by atomic mass is 9.96. The minimum Gasteiger partial charge on any atom is -0.379 e. The van der Waals surface area contributed by atoms with Gasteiger partial charge in [0.2, 0.25) is 0 Å². The molecule has 4 nitrogen and oxygen atoms in total. The zero-order valence-corrected chi connectivity index (χ0v) is 12.7. The standard InChI is InChI=1S/C15H31N3O/c1-3-16-14(2)15-6-4-5-7-18(15)9-8-17-10-12-19-13-11-17/h14-16H,3-13H2,1-2H3. The summed E-state index contributed by atoms with van der Waals surface area (Å²) in [6.45, 7) is 13.4. The first-order chi connectivity index (χ1) is 9.31. The maximum atomic E-state index is 5.42. The summed E-state index contributed by atoms with van der Waals surface area (Å²) in [7, 11) is 0. The fraction of sp³-hybridized carbons (Fsp3) is 1.00. The maximum Gasteiger partial charge on any atom is 0.0594 e. The van der Waals surface area contributed by atoms with Gasteiger partial charge in [-0.15, -0.1) is 0 Å². The molecule has 0 saturated carbocycles. The van der Waals surface area contributed by atoms with Gasteiger partial charge in [0.25, 0.3) is 0 Å². The molecule has 1 N–H and O–H groups in total. The summed E-state index contributed by atoms with van der Waals surface area (Å²) >= 11 is 0. The highest BCUT2D eigenvalue weighted by Gasteiger charge is 2.27. The number of hydrogen-bond acceptors (Lipinski definition) is 4. The summed E-state index contributed by atoms with van der Waals surface area (Å²) in [4.78, 5) is 5.26. The van der Waals surface area contributed by atoms with Crippen LogP contribution in [0, 0.1) is 0 Å². The first-order valence-corrected chi connectivity index (χ1v) is 8.08.